The van der Waals surface area contributed by atoms with Crippen molar-refractivity contribution in [2.24, 2.45) is 0 Å². The van der Waals surface area contributed by atoms with Crippen molar-refractivity contribution >= 4 is 11.4 Å². The SMILES string of the molecule is CCCC(c1ccc(C(C)c2ccc(C(CCC)c3ccc(N)cc3C)cc2)cc1)c1ccc(N)cc1C. The van der Waals surface area contributed by atoms with Crippen molar-refractivity contribution < 1.29 is 0 Å². The van der Waals surface area contributed by atoms with Gasteiger partial charge in [-0.15, -0.1) is 0 Å². The summed E-state index contributed by atoms with van der Waals surface area (Å²) in [6.45, 7) is 11.2. The fraction of sp³-hybridized carbons (Fsp3) is 0.333. The molecule has 0 spiro atoms. The molecule has 0 aliphatic rings. The molecule has 198 valence electrons. The largest absolute Gasteiger partial charge is 0.399 e. The van der Waals surface area contributed by atoms with E-state index in [4.69, 9.17) is 11.5 Å². The lowest BCUT2D eigenvalue weighted by atomic mass is 9.82. The van der Waals surface area contributed by atoms with Gasteiger partial charge in [0.15, 0.2) is 0 Å². The molecule has 4 rings (SSSR count). The van der Waals surface area contributed by atoms with Crippen LogP contribution in [0.2, 0.25) is 0 Å². The average molecular weight is 505 g/mol. The van der Waals surface area contributed by atoms with Gasteiger partial charge in [-0.1, -0.05) is 94.3 Å². The molecule has 0 radical (unpaired) electrons. The van der Waals surface area contributed by atoms with Gasteiger partial charge in [0, 0.05) is 29.1 Å². The van der Waals surface area contributed by atoms with Crippen LogP contribution in [0.5, 0.6) is 0 Å². The zero-order valence-electron chi connectivity index (χ0n) is 23.8. The van der Waals surface area contributed by atoms with Gasteiger partial charge in [0.2, 0.25) is 0 Å². The van der Waals surface area contributed by atoms with Crippen molar-refractivity contribution in [1.29, 1.82) is 0 Å². The van der Waals surface area contributed by atoms with Gasteiger partial charge in [-0.3, -0.25) is 0 Å². The van der Waals surface area contributed by atoms with Gasteiger partial charge in [-0.2, -0.15) is 0 Å². The highest BCUT2D eigenvalue weighted by atomic mass is 14.5. The van der Waals surface area contributed by atoms with Crippen LogP contribution in [-0.4, -0.2) is 0 Å². The lowest BCUT2D eigenvalue weighted by molar-refractivity contribution is 0.693. The molecule has 0 heterocycles. The first-order chi connectivity index (χ1) is 18.3. The van der Waals surface area contributed by atoms with Crippen molar-refractivity contribution in [3.05, 3.63) is 129 Å². The Balaban J connectivity index is 1.55. The van der Waals surface area contributed by atoms with Gasteiger partial charge in [-0.25, -0.2) is 0 Å². The highest BCUT2D eigenvalue weighted by Gasteiger charge is 2.19. The van der Waals surface area contributed by atoms with E-state index in [-0.39, 0.29) is 0 Å². The molecular weight excluding hydrogens is 460 g/mol. The summed E-state index contributed by atoms with van der Waals surface area (Å²) in [5.74, 6) is 1.14. The molecule has 0 aromatic heterocycles. The Bertz CT molecular complexity index is 1230. The fourth-order valence-electron chi connectivity index (χ4n) is 5.99. The van der Waals surface area contributed by atoms with Gasteiger partial charge in [0.05, 0.1) is 0 Å². The van der Waals surface area contributed by atoms with Crippen LogP contribution in [0.1, 0.15) is 109 Å². The normalized spacial score (nSPS) is 13.7. The minimum Gasteiger partial charge on any atom is -0.399 e. The number of benzene rings is 4. The van der Waals surface area contributed by atoms with E-state index in [2.05, 4.69) is 107 Å². The van der Waals surface area contributed by atoms with Crippen LogP contribution in [0.3, 0.4) is 0 Å². The Morgan fingerprint density at radius 1 is 0.526 bits per heavy atom. The second-order valence-electron chi connectivity index (χ2n) is 11.0. The Hall–Kier alpha value is -3.52. The van der Waals surface area contributed by atoms with Crippen LogP contribution < -0.4 is 11.5 Å². The molecule has 4 aromatic rings. The molecule has 4 aromatic carbocycles. The van der Waals surface area contributed by atoms with E-state index in [1.54, 1.807) is 0 Å². The van der Waals surface area contributed by atoms with Gasteiger partial charge in [0.25, 0.3) is 0 Å². The molecule has 0 fully saturated rings. The predicted molar refractivity (Wildman–Crippen MR) is 165 cm³/mol. The van der Waals surface area contributed by atoms with E-state index in [9.17, 15) is 0 Å². The minimum absolute atomic E-state index is 0.337. The molecule has 0 aliphatic heterocycles. The number of nitrogen functional groups attached to an aromatic ring is 2. The molecule has 0 amide bonds. The predicted octanol–water partition coefficient (Wildman–Crippen LogP) is 9.48. The summed E-state index contributed by atoms with van der Waals surface area (Å²) >= 11 is 0. The molecule has 2 nitrogen and oxygen atoms in total. The molecule has 0 saturated heterocycles. The first kappa shape index (κ1) is 27.5. The first-order valence-corrected chi connectivity index (χ1v) is 14.2. The van der Waals surface area contributed by atoms with Crippen LogP contribution in [0.25, 0.3) is 0 Å². The summed E-state index contributed by atoms with van der Waals surface area (Å²) in [6.07, 6.45) is 4.56. The molecular formula is C36H44N2. The second-order valence-corrected chi connectivity index (χ2v) is 11.0. The Kier molecular flexibility index (Phi) is 8.94. The highest BCUT2D eigenvalue weighted by molar-refractivity contribution is 5.49. The smallest absolute Gasteiger partial charge is 0.0316 e. The molecule has 2 heteroatoms. The lowest BCUT2D eigenvalue weighted by Gasteiger charge is -2.22. The zero-order valence-corrected chi connectivity index (χ0v) is 23.8. The fourth-order valence-corrected chi connectivity index (χ4v) is 5.99. The molecule has 38 heavy (non-hydrogen) atoms. The maximum atomic E-state index is 6.03. The summed E-state index contributed by atoms with van der Waals surface area (Å²) in [4.78, 5) is 0. The number of rotatable bonds is 10. The highest BCUT2D eigenvalue weighted by Crippen LogP contribution is 2.36. The summed E-state index contributed by atoms with van der Waals surface area (Å²) in [7, 11) is 0. The maximum Gasteiger partial charge on any atom is 0.0316 e. The summed E-state index contributed by atoms with van der Waals surface area (Å²) in [5, 5.41) is 0. The van der Waals surface area contributed by atoms with Crippen LogP contribution in [0.15, 0.2) is 84.9 Å². The molecule has 2 unspecified atom stereocenters. The second kappa shape index (κ2) is 12.3. The summed E-state index contributed by atoms with van der Waals surface area (Å²) in [6, 6.07) is 31.3. The maximum absolute atomic E-state index is 6.03. The van der Waals surface area contributed by atoms with Crippen molar-refractivity contribution in [3.8, 4) is 0 Å². The molecule has 2 atom stereocenters. The monoisotopic (exact) mass is 504 g/mol. The molecule has 4 N–H and O–H groups in total. The third-order valence-corrected chi connectivity index (χ3v) is 8.17. The van der Waals surface area contributed by atoms with E-state index in [0.29, 0.717) is 17.8 Å². The van der Waals surface area contributed by atoms with E-state index in [1.807, 2.05) is 12.1 Å². The van der Waals surface area contributed by atoms with Gasteiger partial charge in [0.1, 0.15) is 0 Å². The molecule has 0 bridgehead atoms. The number of hydrogen-bond acceptors (Lipinski definition) is 2. The van der Waals surface area contributed by atoms with Crippen LogP contribution in [0.4, 0.5) is 11.4 Å². The number of aryl methyl sites for hydroxylation is 2. The average Bonchev–Trinajstić information content (AvgIpc) is 2.91. The van der Waals surface area contributed by atoms with E-state index in [0.717, 1.165) is 37.1 Å². The summed E-state index contributed by atoms with van der Waals surface area (Å²) < 4.78 is 0. The van der Waals surface area contributed by atoms with Crippen molar-refractivity contribution in [2.45, 2.75) is 78.1 Å². The third-order valence-electron chi connectivity index (χ3n) is 8.17. The first-order valence-electron chi connectivity index (χ1n) is 14.2. The number of anilines is 2. The van der Waals surface area contributed by atoms with Crippen LogP contribution in [0, 0.1) is 13.8 Å². The quantitative estimate of drug-likeness (QED) is 0.211. The van der Waals surface area contributed by atoms with Crippen molar-refractivity contribution in [1.82, 2.24) is 0 Å². The molecule has 0 saturated carbocycles. The number of nitrogens with two attached hydrogens (primary N) is 2. The van der Waals surface area contributed by atoms with Crippen molar-refractivity contribution in [2.75, 3.05) is 11.5 Å². The lowest BCUT2D eigenvalue weighted by Crippen LogP contribution is -2.05. The van der Waals surface area contributed by atoms with Gasteiger partial charge < -0.3 is 11.5 Å². The van der Waals surface area contributed by atoms with E-state index < -0.39 is 0 Å². The van der Waals surface area contributed by atoms with Crippen LogP contribution in [-0.2, 0) is 0 Å². The Labute approximate surface area is 230 Å². The summed E-state index contributed by atoms with van der Waals surface area (Å²) in [5.41, 5.74) is 24.5. The van der Waals surface area contributed by atoms with Crippen molar-refractivity contribution in [3.63, 3.8) is 0 Å². The van der Waals surface area contributed by atoms with E-state index in [1.165, 1.54) is 44.5 Å². The number of hydrogen-bond donors (Lipinski definition) is 2. The van der Waals surface area contributed by atoms with Gasteiger partial charge >= 0.3 is 0 Å². The van der Waals surface area contributed by atoms with Gasteiger partial charge in [-0.05, 0) is 95.5 Å². The third kappa shape index (κ3) is 6.13. The Morgan fingerprint density at radius 2 is 0.868 bits per heavy atom. The molecule has 0 aliphatic carbocycles. The Morgan fingerprint density at radius 3 is 1.18 bits per heavy atom. The standard InChI is InChI=1S/C36H44N2/c1-6-8-35(33-20-18-31(37)22-24(33)3)29-14-10-27(11-15-29)26(5)28-12-16-30(17-13-28)36(9-7-2)34-21-19-32(38)23-25(34)4/h10-23,26,35-36H,6-9,37-38H2,1-5H3. The zero-order chi connectivity index (χ0) is 27.2. The minimum atomic E-state index is 0.337. The van der Waals surface area contributed by atoms with E-state index >= 15 is 0 Å². The topological polar surface area (TPSA) is 52.0 Å². The van der Waals surface area contributed by atoms with Crippen LogP contribution >= 0.6 is 0 Å².